The zero-order valence-electron chi connectivity index (χ0n) is 10.1. The molecule has 0 spiro atoms. The van der Waals surface area contributed by atoms with Gasteiger partial charge in [0.1, 0.15) is 0 Å². The van der Waals surface area contributed by atoms with Crippen molar-refractivity contribution in [3.8, 4) is 0 Å². The summed E-state index contributed by atoms with van der Waals surface area (Å²) < 4.78 is 6.38. The van der Waals surface area contributed by atoms with Crippen LogP contribution in [0.15, 0.2) is 0 Å². The molecule has 0 aromatic carbocycles. The number of nitrogens with one attached hydrogen (secondary N) is 1. The minimum Gasteiger partial charge on any atom is -0.372 e. The van der Waals surface area contributed by atoms with Gasteiger partial charge in [-0.25, -0.2) is 0 Å². The van der Waals surface area contributed by atoms with Crippen molar-refractivity contribution in [1.82, 2.24) is 5.32 Å². The monoisotopic (exact) mass is 211 g/mol. The van der Waals surface area contributed by atoms with Crippen molar-refractivity contribution in [2.75, 3.05) is 13.6 Å². The van der Waals surface area contributed by atoms with Gasteiger partial charge in [0.05, 0.1) is 11.7 Å². The van der Waals surface area contributed by atoms with E-state index in [0.717, 1.165) is 6.54 Å². The number of hydrogen-bond acceptors (Lipinski definition) is 2. The summed E-state index contributed by atoms with van der Waals surface area (Å²) >= 11 is 0. The van der Waals surface area contributed by atoms with Crippen molar-refractivity contribution in [3.05, 3.63) is 0 Å². The van der Waals surface area contributed by atoms with E-state index in [1.165, 1.54) is 57.8 Å². The van der Waals surface area contributed by atoms with Gasteiger partial charge in [-0.3, -0.25) is 0 Å². The van der Waals surface area contributed by atoms with Crippen molar-refractivity contribution in [3.63, 3.8) is 0 Å². The van der Waals surface area contributed by atoms with Gasteiger partial charge < -0.3 is 10.1 Å². The summed E-state index contributed by atoms with van der Waals surface area (Å²) in [6.07, 6.45) is 12.6. The lowest BCUT2D eigenvalue weighted by molar-refractivity contribution is -0.150. The molecule has 2 aliphatic carbocycles. The predicted molar refractivity (Wildman–Crippen MR) is 63.1 cm³/mol. The summed E-state index contributed by atoms with van der Waals surface area (Å²) in [5.41, 5.74) is 0.269. The highest BCUT2D eigenvalue weighted by Crippen LogP contribution is 2.41. The SMILES string of the molecule is CNCCC1(OC2CCCCC2)CCC1. The van der Waals surface area contributed by atoms with Gasteiger partial charge in [0, 0.05) is 0 Å². The van der Waals surface area contributed by atoms with E-state index in [9.17, 15) is 0 Å². The molecule has 0 unspecified atom stereocenters. The van der Waals surface area contributed by atoms with Crippen LogP contribution in [0.25, 0.3) is 0 Å². The van der Waals surface area contributed by atoms with Gasteiger partial charge >= 0.3 is 0 Å². The molecule has 0 radical (unpaired) electrons. The highest BCUT2D eigenvalue weighted by atomic mass is 16.5. The maximum absolute atomic E-state index is 6.38. The van der Waals surface area contributed by atoms with E-state index in [1.807, 2.05) is 7.05 Å². The van der Waals surface area contributed by atoms with Crippen LogP contribution in [0.2, 0.25) is 0 Å². The molecule has 0 aromatic rings. The molecule has 2 rings (SSSR count). The highest BCUT2D eigenvalue weighted by Gasteiger charge is 2.39. The minimum atomic E-state index is 0.269. The van der Waals surface area contributed by atoms with Crippen molar-refractivity contribution >= 4 is 0 Å². The van der Waals surface area contributed by atoms with E-state index in [-0.39, 0.29) is 5.60 Å². The molecular formula is C13H25NO. The van der Waals surface area contributed by atoms with Crippen molar-refractivity contribution in [2.24, 2.45) is 0 Å². The number of ether oxygens (including phenoxy) is 1. The molecule has 0 bridgehead atoms. The van der Waals surface area contributed by atoms with Crippen LogP contribution in [0, 0.1) is 0 Å². The molecule has 0 saturated heterocycles. The first-order valence-corrected chi connectivity index (χ1v) is 6.67. The maximum Gasteiger partial charge on any atom is 0.0698 e. The Balaban J connectivity index is 1.78. The van der Waals surface area contributed by atoms with Crippen molar-refractivity contribution < 1.29 is 4.74 Å². The molecular weight excluding hydrogens is 186 g/mol. The fraction of sp³-hybridized carbons (Fsp3) is 1.00. The summed E-state index contributed by atoms with van der Waals surface area (Å²) in [6, 6.07) is 0. The van der Waals surface area contributed by atoms with Crippen LogP contribution in [-0.4, -0.2) is 25.3 Å². The van der Waals surface area contributed by atoms with Gasteiger partial charge in [-0.2, -0.15) is 0 Å². The van der Waals surface area contributed by atoms with Gasteiger partial charge in [-0.15, -0.1) is 0 Å². The standard InChI is InChI=1S/C13H25NO/c1-14-11-10-13(8-5-9-13)15-12-6-3-2-4-7-12/h12,14H,2-11H2,1H3. The Labute approximate surface area is 93.8 Å². The van der Waals surface area contributed by atoms with E-state index < -0.39 is 0 Å². The second-order valence-corrected chi connectivity index (χ2v) is 5.27. The molecule has 88 valence electrons. The summed E-state index contributed by atoms with van der Waals surface area (Å²) in [4.78, 5) is 0. The fourth-order valence-electron chi connectivity index (χ4n) is 2.89. The van der Waals surface area contributed by atoms with Crippen LogP contribution in [0.4, 0.5) is 0 Å². The second-order valence-electron chi connectivity index (χ2n) is 5.27. The van der Waals surface area contributed by atoms with Crippen LogP contribution >= 0.6 is 0 Å². The zero-order valence-corrected chi connectivity index (χ0v) is 10.1. The van der Waals surface area contributed by atoms with Gasteiger partial charge in [0.25, 0.3) is 0 Å². The smallest absolute Gasteiger partial charge is 0.0698 e. The average Bonchev–Trinajstić information content (AvgIpc) is 2.23. The normalized spacial score (nSPS) is 26.2. The van der Waals surface area contributed by atoms with Gasteiger partial charge in [0.2, 0.25) is 0 Å². The zero-order chi connectivity index (χ0) is 10.6. The summed E-state index contributed by atoms with van der Waals surface area (Å²) in [5.74, 6) is 0. The third-order valence-corrected chi connectivity index (χ3v) is 4.06. The fourth-order valence-corrected chi connectivity index (χ4v) is 2.89. The largest absolute Gasteiger partial charge is 0.372 e. The first-order chi connectivity index (χ1) is 7.35. The Morgan fingerprint density at radius 2 is 1.87 bits per heavy atom. The van der Waals surface area contributed by atoms with Crippen LogP contribution in [0.5, 0.6) is 0 Å². The number of hydrogen-bond donors (Lipinski definition) is 1. The summed E-state index contributed by atoms with van der Waals surface area (Å²) in [7, 11) is 2.03. The molecule has 1 N–H and O–H groups in total. The molecule has 0 aliphatic heterocycles. The first-order valence-electron chi connectivity index (χ1n) is 6.67. The van der Waals surface area contributed by atoms with Crippen LogP contribution in [-0.2, 0) is 4.74 Å². The molecule has 15 heavy (non-hydrogen) atoms. The summed E-state index contributed by atoms with van der Waals surface area (Å²) in [5, 5.41) is 3.25. The molecule has 0 atom stereocenters. The lowest BCUT2D eigenvalue weighted by atomic mass is 9.77. The lowest BCUT2D eigenvalue weighted by Crippen LogP contribution is -2.45. The third kappa shape index (κ3) is 2.94. The quantitative estimate of drug-likeness (QED) is 0.755. The van der Waals surface area contributed by atoms with E-state index in [0.29, 0.717) is 6.10 Å². The third-order valence-electron chi connectivity index (χ3n) is 4.06. The average molecular weight is 211 g/mol. The van der Waals surface area contributed by atoms with Gasteiger partial charge in [-0.1, -0.05) is 19.3 Å². The molecule has 2 saturated carbocycles. The van der Waals surface area contributed by atoms with E-state index in [1.54, 1.807) is 0 Å². The van der Waals surface area contributed by atoms with Gasteiger partial charge in [0.15, 0.2) is 0 Å². The molecule has 0 heterocycles. The predicted octanol–water partition coefficient (Wildman–Crippen LogP) is 2.87. The topological polar surface area (TPSA) is 21.3 Å². The van der Waals surface area contributed by atoms with Gasteiger partial charge in [-0.05, 0) is 52.1 Å². The maximum atomic E-state index is 6.38. The Bertz CT molecular complexity index is 183. The highest BCUT2D eigenvalue weighted by molar-refractivity contribution is 4.91. The Morgan fingerprint density at radius 3 is 2.40 bits per heavy atom. The minimum absolute atomic E-state index is 0.269. The van der Waals surface area contributed by atoms with Crippen LogP contribution in [0.3, 0.4) is 0 Å². The molecule has 2 fully saturated rings. The summed E-state index contributed by atoms with van der Waals surface area (Å²) in [6.45, 7) is 1.10. The molecule has 0 amide bonds. The van der Waals surface area contributed by atoms with Crippen molar-refractivity contribution in [1.29, 1.82) is 0 Å². The van der Waals surface area contributed by atoms with E-state index >= 15 is 0 Å². The molecule has 2 aliphatic rings. The Hall–Kier alpha value is -0.0800. The Kier molecular flexibility index (Phi) is 4.04. The van der Waals surface area contributed by atoms with Crippen molar-refractivity contribution in [2.45, 2.75) is 69.5 Å². The van der Waals surface area contributed by atoms with E-state index in [4.69, 9.17) is 4.74 Å². The number of rotatable bonds is 5. The molecule has 2 heteroatoms. The first kappa shape index (κ1) is 11.4. The van der Waals surface area contributed by atoms with Crippen LogP contribution < -0.4 is 5.32 Å². The molecule has 0 aromatic heterocycles. The second kappa shape index (κ2) is 5.31. The molecule has 2 nitrogen and oxygen atoms in total. The lowest BCUT2D eigenvalue weighted by Gasteiger charge is -2.45. The Morgan fingerprint density at radius 1 is 1.13 bits per heavy atom. The van der Waals surface area contributed by atoms with E-state index in [2.05, 4.69) is 5.32 Å². The van der Waals surface area contributed by atoms with Crippen LogP contribution in [0.1, 0.15) is 57.8 Å².